The molecule has 11 atom stereocenters. The summed E-state index contributed by atoms with van der Waals surface area (Å²) in [5.41, 5.74) is 0. The molecule has 3 saturated heterocycles. The molecule has 0 aromatic heterocycles. The van der Waals surface area contributed by atoms with Crippen LogP contribution < -0.4 is 9.79 Å². The minimum Gasteiger partial charge on any atom is -0.756 e. The number of ether oxygens (including phenoxy) is 5. The van der Waals surface area contributed by atoms with Gasteiger partial charge in [0.25, 0.3) is 15.6 Å². The number of hydrogen-bond donors (Lipinski definition) is 0. The zero-order valence-electron chi connectivity index (χ0n) is 19.8. The summed E-state index contributed by atoms with van der Waals surface area (Å²) in [7, 11) is 4.66. The van der Waals surface area contributed by atoms with Crippen molar-refractivity contribution in [2.75, 3.05) is 34.0 Å². The maximum Gasteiger partial charge on any atom is 0.268 e. The van der Waals surface area contributed by atoms with Crippen LogP contribution >= 0.6 is 15.6 Å². The van der Waals surface area contributed by atoms with Gasteiger partial charge in [0.2, 0.25) is 0 Å². The van der Waals surface area contributed by atoms with Gasteiger partial charge >= 0.3 is 0 Å². The molecule has 0 amide bonds. The molecule has 4 radical (unpaired) electrons. The average molecular weight is 538 g/mol. The molecule has 0 aliphatic carbocycles. The second-order valence-corrected chi connectivity index (χ2v) is 11.3. The van der Waals surface area contributed by atoms with Crippen LogP contribution in [0.1, 0.15) is 26.2 Å². The number of phosphoric acid groups is 2. The first-order chi connectivity index (χ1) is 16.4. The Morgan fingerprint density at radius 1 is 0.771 bits per heavy atom. The van der Waals surface area contributed by atoms with Gasteiger partial charge in [-0.1, -0.05) is 0 Å². The summed E-state index contributed by atoms with van der Waals surface area (Å²) in [6, 6.07) is -1.29. The van der Waals surface area contributed by atoms with E-state index in [1.807, 2.05) is 0 Å². The quantitative estimate of drug-likeness (QED) is 0.210. The molecule has 3 heterocycles. The maximum absolute atomic E-state index is 12.4. The van der Waals surface area contributed by atoms with Crippen LogP contribution in [0.4, 0.5) is 0 Å². The molecular weight excluding hydrogens is 508 g/mol. The fourth-order valence-corrected chi connectivity index (χ4v) is 6.10. The van der Waals surface area contributed by atoms with Crippen LogP contribution in [0.5, 0.6) is 0 Å². The molecule has 3 aliphatic heterocycles. The van der Waals surface area contributed by atoms with Gasteiger partial charge in [-0.3, -0.25) is 9.13 Å². The summed E-state index contributed by atoms with van der Waals surface area (Å²) in [6.45, 7) is 0.884. The van der Waals surface area contributed by atoms with E-state index in [-0.39, 0.29) is 26.1 Å². The second kappa shape index (κ2) is 12.8. The Labute approximate surface area is 207 Å². The zero-order valence-corrected chi connectivity index (χ0v) is 21.6. The van der Waals surface area contributed by atoms with E-state index in [0.717, 1.165) is 0 Å². The lowest BCUT2D eigenvalue weighted by Crippen LogP contribution is -2.33. The third-order valence-corrected chi connectivity index (χ3v) is 7.79. The molecule has 13 nitrogen and oxygen atoms in total. The minimum absolute atomic E-state index is 0.0826. The van der Waals surface area contributed by atoms with Gasteiger partial charge in [0.1, 0.15) is 34.0 Å². The predicted octanol–water partition coefficient (Wildman–Crippen LogP) is -0.867. The molecule has 3 fully saturated rings. The maximum atomic E-state index is 12.4. The van der Waals surface area contributed by atoms with Crippen molar-refractivity contribution in [1.82, 2.24) is 0 Å². The third-order valence-electron chi connectivity index (χ3n) is 5.80. The Hall–Kier alpha value is 0.150. The molecule has 3 aliphatic rings. The lowest BCUT2D eigenvalue weighted by atomic mass is 9.96. The van der Waals surface area contributed by atoms with E-state index in [2.05, 4.69) is 0 Å². The van der Waals surface area contributed by atoms with Gasteiger partial charge in [-0.05, 0) is 19.8 Å². The largest absolute Gasteiger partial charge is 0.756 e. The Morgan fingerprint density at radius 3 is 1.74 bits per heavy atom. The van der Waals surface area contributed by atoms with Crippen molar-refractivity contribution in [2.45, 2.75) is 80.9 Å². The van der Waals surface area contributed by atoms with Crippen molar-refractivity contribution in [3.63, 3.8) is 0 Å². The molecule has 0 bridgehead atoms. The Bertz CT molecular complexity index is 779. The highest BCUT2D eigenvalue weighted by molar-refractivity contribution is 7.46. The smallest absolute Gasteiger partial charge is 0.268 e. The highest BCUT2D eigenvalue weighted by atomic mass is 31.2. The Kier molecular flexibility index (Phi) is 10.9. The van der Waals surface area contributed by atoms with Gasteiger partial charge in [0.15, 0.2) is 0 Å². The number of methoxy groups -OCH3 is 2. The summed E-state index contributed by atoms with van der Waals surface area (Å²) >= 11 is 0. The van der Waals surface area contributed by atoms with Crippen LogP contribution in [0.15, 0.2) is 0 Å². The molecular formula is C18H30B2O13P2-2. The van der Waals surface area contributed by atoms with Gasteiger partial charge in [-0.25, -0.2) is 0 Å². The number of rotatable bonds is 13. The van der Waals surface area contributed by atoms with Crippen molar-refractivity contribution in [2.24, 2.45) is 0 Å². The molecule has 0 aromatic carbocycles. The molecule has 17 heteroatoms. The summed E-state index contributed by atoms with van der Waals surface area (Å²) in [6.07, 6.45) is -4.45. The van der Waals surface area contributed by atoms with Crippen molar-refractivity contribution in [3.8, 4) is 0 Å². The van der Waals surface area contributed by atoms with Gasteiger partial charge in [0.05, 0.1) is 44.2 Å². The Balaban J connectivity index is 1.51. The number of hydrogen-bond acceptors (Lipinski definition) is 13. The molecule has 0 aromatic rings. The first-order valence-electron chi connectivity index (χ1n) is 11.2. The van der Waals surface area contributed by atoms with E-state index in [4.69, 9.17) is 57.5 Å². The van der Waals surface area contributed by atoms with Crippen LogP contribution in [0.2, 0.25) is 0 Å². The third kappa shape index (κ3) is 8.85. The molecule has 0 N–H and O–H groups in total. The second-order valence-electron chi connectivity index (χ2n) is 8.62. The van der Waals surface area contributed by atoms with Crippen molar-refractivity contribution in [3.05, 3.63) is 0 Å². The lowest BCUT2D eigenvalue weighted by molar-refractivity contribution is -0.237. The van der Waals surface area contributed by atoms with Crippen molar-refractivity contribution >= 4 is 31.3 Å². The van der Waals surface area contributed by atoms with Gasteiger partial charge in [-0.15, -0.1) is 0 Å². The lowest BCUT2D eigenvalue weighted by Gasteiger charge is -2.32. The fourth-order valence-electron chi connectivity index (χ4n) is 4.21. The summed E-state index contributed by atoms with van der Waals surface area (Å²) in [4.78, 5) is 24.8. The van der Waals surface area contributed by atoms with Crippen LogP contribution in [-0.2, 0) is 50.9 Å². The molecule has 3 rings (SSSR count). The predicted molar refractivity (Wildman–Crippen MR) is 117 cm³/mol. The summed E-state index contributed by atoms with van der Waals surface area (Å²) in [5, 5.41) is 0. The van der Waals surface area contributed by atoms with E-state index in [9.17, 15) is 18.9 Å². The summed E-state index contributed by atoms with van der Waals surface area (Å²) in [5.74, 6) is 0. The van der Waals surface area contributed by atoms with E-state index < -0.39 is 77.0 Å². The zero-order chi connectivity index (χ0) is 25.8. The van der Waals surface area contributed by atoms with Crippen LogP contribution in [0.3, 0.4) is 0 Å². The van der Waals surface area contributed by atoms with Crippen LogP contribution in [0, 0.1) is 0 Å². The van der Waals surface area contributed by atoms with E-state index in [1.165, 1.54) is 14.2 Å². The van der Waals surface area contributed by atoms with Gasteiger partial charge in [-0.2, -0.15) is 0 Å². The molecule has 0 saturated carbocycles. The molecule has 198 valence electrons. The van der Waals surface area contributed by atoms with Crippen molar-refractivity contribution < 1.29 is 60.7 Å². The first kappa shape index (κ1) is 29.7. The monoisotopic (exact) mass is 538 g/mol. The molecule has 0 spiro atoms. The Morgan fingerprint density at radius 2 is 1.23 bits per heavy atom. The van der Waals surface area contributed by atoms with Gasteiger partial charge in [0, 0.05) is 32.6 Å². The number of phosphoric ester groups is 2. The molecule has 35 heavy (non-hydrogen) atoms. The van der Waals surface area contributed by atoms with Crippen LogP contribution in [0.25, 0.3) is 0 Å². The highest BCUT2D eigenvalue weighted by Gasteiger charge is 2.40. The standard InChI is InChI=1S/C18H32B2O13P2/c1-10-4-12(32-34(21,22)27-8-15-11(26-3)5-17(19)31-15)16(29-10)9-28-35(23,24)33-13-6-18(20)30-14(13)7-25-2/h10-18H,4-9H2,1-3H3,(H,21,22)(H,23,24)/p-2/t10-,11?,12?,13?,14+,15+,16+,17+,18+/m0/s1. The van der Waals surface area contributed by atoms with Crippen molar-refractivity contribution in [1.29, 1.82) is 0 Å². The summed E-state index contributed by atoms with van der Waals surface area (Å²) < 4.78 is 71.5. The normalized spacial score (nSPS) is 41.1. The van der Waals surface area contributed by atoms with Gasteiger partial charge < -0.3 is 51.6 Å². The fraction of sp³-hybridized carbons (Fsp3) is 1.00. The van der Waals surface area contributed by atoms with E-state index in [0.29, 0.717) is 6.42 Å². The van der Waals surface area contributed by atoms with E-state index >= 15 is 0 Å². The topological polar surface area (TPSA) is 163 Å². The van der Waals surface area contributed by atoms with Crippen LogP contribution in [-0.4, -0.2) is 104 Å². The minimum atomic E-state index is -4.82. The average Bonchev–Trinajstić information content (AvgIpc) is 3.41. The molecule has 5 unspecified atom stereocenters. The highest BCUT2D eigenvalue weighted by Crippen LogP contribution is 2.47. The first-order valence-corrected chi connectivity index (χ1v) is 14.1. The SMILES string of the molecule is [B][C@H]1CC(OC)[C@@H](COP(=O)([O-])OC2C[C@H](C)O[C@@H]2COP(=O)([O-])OC2C[C@H]([B])O[C@@H]2COC)O1. The van der Waals surface area contributed by atoms with E-state index in [1.54, 1.807) is 6.92 Å².